The zero-order chi connectivity index (χ0) is 10.2. The fourth-order valence-corrected chi connectivity index (χ4v) is 2.91. The predicted molar refractivity (Wildman–Crippen MR) is 48.9 cm³/mol. The van der Waals surface area contributed by atoms with Crippen LogP contribution in [0.3, 0.4) is 0 Å². The Morgan fingerprint density at radius 2 is 2.36 bits per heavy atom. The Kier molecular flexibility index (Phi) is 2.49. The van der Waals surface area contributed by atoms with Crippen LogP contribution in [0.2, 0.25) is 0 Å². The number of aliphatic hydroxyl groups is 1. The van der Waals surface area contributed by atoms with E-state index in [9.17, 15) is 9.90 Å². The highest BCUT2D eigenvalue weighted by atomic mass is 16.5. The summed E-state index contributed by atoms with van der Waals surface area (Å²) in [4.78, 5) is 10.6. The standard InChI is InChI=1S/C10H16O4/c11-7(6-9(12)13)10-3-1-2-8(10)14-5-4-10/h7-8,11H,1-6H2,(H,12,13)/t7-,8+,10?/m0/s1. The highest BCUT2D eigenvalue weighted by molar-refractivity contribution is 5.67. The molecule has 0 aromatic heterocycles. The lowest BCUT2D eigenvalue weighted by molar-refractivity contribution is -0.142. The van der Waals surface area contributed by atoms with Gasteiger partial charge < -0.3 is 14.9 Å². The fraction of sp³-hybridized carbons (Fsp3) is 0.900. The SMILES string of the molecule is O=C(O)C[C@H](O)C12CCC[C@H]1OCC2. The summed E-state index contributed by atoms with van der Waals surface area (Å²) in [6, 6.07) is 0. The number of aliphatic hydroxyl groups excluding tert-OH is 1. The number of carbonyl (C=O) groups is 1. The molecule has 14 heavy (non-hydrogen) atoms. The first kappa shape index (κ1) is 9.93. The number of hydrogen-bond donors (Lipinski definition) is 2. The fourth-order valence-electron chi connectivity index (χ4n) is 2.91. The molecule has 1 heterocycles. The summed E-state index contributed by atoms with van der Waals surface area (Å²) >= 11 is 0. The van der Waals surface area contributed by atoms with Crippen molar-refractivity contribution in [3.05, 3.63) is 0 Å². The van der Waals surface area contributed by atoms with E-state index in [1.54, 1.807) is 0 Å². The number of hydrogen-bond acceptors (Lipinski definition) is 3. The molecule has 0 bridgehead atoms. The van der Waals surface area contributed by atoms with E-state index >= 15 is 0 Å². The predicted octanol–water partition coefficient (Wildman–Crippen LogP) is 0.781. The Bertz CT molecular complexity index is 228. The van der Waals surface area contributed by atoms with Gasteiger partial charge in [0.25, 0.3) is 0 Å². The Labute approximate surface area is 82.9 Å². The van der Waals surface area contributed by atoms with Crippen molar-refractivity contribution in [2.75, 3.05) is 6.61 Å². The van der Waals surface area contributed by atoms with E-state index in [1.165, 1.54) is 0 Å². The number of carboxylic acid groups (broad SMARTS) is 1. The van der Waals surface area contributed by atoms with Crippen LogP contribution < -0.4 is 0 Å². The maximum Gasteiger partial charge on any atom is 0.305 e. The van der Waals surface area contributed by atoms with Crippen LogP contribution in [0.25, 0.3) is 0 Å². The minimum absolute atomic E-state index is 0.0943. The summed E-state index contributed by atoms with van der Waals surface area (Å²) in [5.41, 5.74) is -0.252. The summed E-state index contributed by atoms with van der Waals surface area (Å²) in [7, 11) is 0. The summed E-state index contributed by atoms with van der Waals surface area (Å²) < 4.78 is 5.53. The van der Waals surface area contributed by atoms with Gasteiger partial charge in [-0.25, -0.2) is 0 Å². The molecule has 2 fully saturated rings. The summed E-state index contributed by atoms with van der Waals surface area (Å²) in [6.07, 6.45) is 2.93. The van der Waals surface area contributed by atoms with E-state index in [0.29, 0.717) is 6.61 Å². The molecule has 4 nitrogen and oxygen atoms in total. The Hall–Kier alpha value is -0.610. The van der Waals surface area contributed by atoms with Gasteiger partial charge in [0.05, 0.1) is 18.6 Å². The Morgan fingerprint density at radius 1 is 1.57 bits per heavy atom. The quantitative estimate of drug-likeness (QED) is 0.706. The van der Waals surface area contributed by atoms with Crippen LogP contribution in [0.5, 0.6) is 0 Å². The zero-order valence-corrected chi connectivity index (χ0v) is 8.11. The van der Waals surface area contributed by atoms with Gasteiger partial charge in [0.2, 0.25) is 0 Å². The molecule has 1 aliphatic heterocycles. The molecule has 2 aliphatic rings. The van der Waals surface area contributed by atoms with Gasteiger partial charge in [-0.05, 0) is 19.3 Å². The van der Waals surface area contributed by atoms with Gasteiger partial charge >= 0.3 is 5.97 Å². The molecule has 1 unspecified atom stereocenters. The van der Waals surface area contributed by atoms with Crippen LogP contribution in [0, 0.1) is 5.41 Å². The molecular weight excluding hydrogens is 184 g/mol. The summed E-state index contributed by atoms with van der Waals surface area (Å²) in [5.74, 6) is -0.926. The minimum atomic E-state index is -0.926. The third-order valence-corrected chi connectivity index (χ3v) is 3.67. The number of ether oxygens (including phenoxy) is 1. The van der Waals surface area contributed by atoms with E-state index < -0.39 is 12.1 Å². The van der Waals surface area contributed by atoms with Crippen molar-refractivity contribution in [3.63, 3.8) is 0 Å². The molecule has 2 rings (SSSR count). The maximum atomic E-state index is 10.6. The van der Waals surface area contributed by atoms with Crippen molar-refractivity contribution in [3.8, 4) is 0 Å². The van der Waals surface area contributed by atoms with E-state index in [-0.39, 0.29) is 17.9 Å². The highest BCUT2D eigenvalue weighted by Crippen LogP contribution is 2.50. The number of fused-ring (bicyclic) bond motifs is 1. The molecule has 1 saturated carbocycles. The monoisotopic (exact) mass is 200 g/mol. The second kappa shape index (κ2) is 3.51. The van der Waals surface area contributed by atoms with Crippen molar-refractivity contribution in [2.45, 2.75) is 44.3 Å². The van der Waals surface area contributed by atoms with Crippen LogP contribution >= 0.6 is 0 Å². The first-order valence-electron chi connectivity index (χ1n) is 5.16. The van der Waals surface area contributed by atoms with Crippen LogP contribution in [-0.2, 0) is 9.53 Å². The third-order valence-electron chi connectivity index (χ3n) is 3.67. The van der Waals surface area contributed by atoms with Gasteiger partial charge in [-0.2, -0.15) is 0 Å². The number of aliphatic carboxylic acids is 1. The normalized spacial score (nSPS) is 38.2. The maximum absolute atomic E-state index is 10.6. The molecule has 0 spiro atoms. The summed E-state index contributed by atoms with van der Waals surface area (Å²) in [5, 5.41) is 18.6. The molecule has 0 aromatic carbocycles. The van der Waals surface area contributed by atoms with Gasteiger partial charge in [-0.1, -0.05) is 6.42 Å². The van der Waals surface area contributed by atoms with Crippen molar-refractivity contribution in [1.29, 1.82) is 0 Å². The minimum Gasteiger partial charge on any atom is -0.481 e. The van der Waals surface area contributed by atoms with Gasteiger partial charge in [-0.15, -0.1) is 0 Å². The van der Waals surface area contributed by atoms with Crippen molar-refractivity contribution in [2.24, 2.45) is 5.41 Å². The third kappa shape index (κ3) is 1.42. The van der Waals surface area contributed by atoms with Crippen molar-refractivity contribution in [1.82, 2.24) is 0 Å². The molecule has 0 aromatic rings. The Morgan fingerprint density at radius 3 is 3.07 bits per heavy atom. The smallest absolute Gasteiger partial charge is 0.305 e. The molecule has 1 aliphatic carbocycles. The molecule has 1 saturated heterocycles. The van der Waals surface area contributed by atoms with Crippen LogP contribution in [0.4, 0.5) is 0 Å². The molecule has 80 valence electrons. The van der Waals surface area contributed by atoms with Crippen molar-refractivity contribution < 1.29 is 19.7 Å². The van der Waals surface area contributed by atoms with Gasteiger partial charge in [0, 0.05) is 12.0 Å². The first-order valence-corrected chi connectivity index (χ1v) is 5.16. The van der Waals surface area contributed by atoms with Gasteiger partial charge in [-0.3, -0.25) is 4.79 Å². The van der Waals surface area contributed by atoms with Crippen molar-refractivity contribution >= 4 is 5.97 Å². The second-order valence-electron chi connectivity index (χ2n) is 4.35. The lowest BCUT2D eigenvalue weighted by Crippen LogP contribution is -2.39. The highest BCUT2D eigenvalue weighted by Gasteiger charge is 2.52. The molecule has 0 radical (unpaired) electrons. The number of rotatable bonds is 3. The van der Waals surface area contributed by atoms with Crippen LogP contribution in [-0.4, -0.2) is 35.0 Å². The van der Waals surface area contributed by atoms with E-state index in [0.717, 1.165) is 25.7 Å². The van der Waals surface area contributed by atoms with E-state index in [1.807, 2.05) is 0 Å². The topological polar surface area (TPSA) is 66.8 Å². The molecule has 3 atom stereocenters. The first-order chi connectivity index (χ1) is 6.65. The van der Waals surface area contributed by atoms with E-state index in [4.69, 9.17) is 9.84 Å². The molecule has 2 N–H and O–H groups in total. The summed E-state index contributed by atoms with van der Waals surface area (Å²) in [6.45, 7) is 0.668. The Balaban J connectivity index is 2.09. The molecule has 0 amide bonds. The lowest BCUT2D eigenvalue weighted by Gasteiger charge is -2.32. The van der Waals surface area contributed by atoms with Gasteiger partial charge in [0.1, 0.15) is 0 Å². The van der Waals surface area contributed by atoms with Gasteiger partial charge in [0.15, 0.2) is 0 Å². The second-order valence-corrected chi connectivity index (χ2v) is 4.35. The molecular formula is C10H16O4. The average molecular weight is 200 g/mol. The average Bonchev–Trinajstić information content (AvgIpc) is 2.58. The van der Waals surface area contributed by atoms with Crippen LogP contribution in [0.15, 0.2) is 0 Å². The van der Waals surface area contributed by atoms with E-state index in [2.05, 4.69) is 0 Å². The zero-order valence-electron chi connectivity index (χ0n) is 8.11. The largest absolute Gasteiger partial charge is 0.481 e. The van der Waals surface area contributed by atoms with Crippen LogP contribution in [0.1, 0.15) is 32.1 Å². The lowest BCUT2D eigenvalue weighted by atomic mass is 9.76. The molecule has 4 heteroatoms. The number of carboxylic acids is 1.